The fraction of sp³-hybridized carbons (Fsp3) is 0.500. The van der Waals surface area contributed by atoms with Crippen molar-refractivity contribution in [3.63, 3.8) is 0 Å². The molecule has 1 aromatic carbocycles. The number of benzene rings is 1. The second kappa shape index (κ2) is 4.19. The van der Waals surface area contributed by atoms with Gasteiger partial charge in [-0.1, -0.05) is 25.8 Å². The summed E-state index contributed by atoms with van der Waals surface area (Å²) in [6, 6.07) is 5.14. The molecule has 1 aromatic heterocycles. The van der Waals surface area contributed by atoms with E-state index in [2.05, 4.69) is 16.5 Å². The van der Waals surface area contributed by atoms with E-state index >= 15 is 0 Å². The van der Waals surface area contributed by atoms with E-state index in [1.807, 2.05) is 6.07 Å². The Labute approximate surface area is 111 Å². The molecule has 18 heavy (non-hydrogen) atoms. The van der Waals surface area contributed by atoms with Gasteiger partial charge in [-0.2, -0.15) is 0 Å². The lowest BCUT2D eigenvalue weighted by Crippen LogP contribution is -2.19. The number of aromatic nitrogens is 2. The monoisotopic (exact) mass is 264 g/mol. The predicted octanol–water partition coefficient (Wildman–Crippen LogP) is 4.42. The Kier molecular flexibility index (Phi) is 2.77. The molecule has 0 atom stereocenters. The molecule has 4 heteroatoms. The van der Waals surface area contributed by atoms with E-state index in [1.54, 1.807) is 6.07 Å². The van der Waals surface area contributed by atoms with E-state index < -0.39 is 0 Å². The first-order chi connectivity index (χ1) is 8.59. The third-order valence-corrected chi connectivity index (χ3v) is 4.43. The zero-order valence-corrected chi connectivity index (χ0v) is 11.3. The zero-order chi connectivity index (χ0) is 12.8. The van der Waals surface area contributed by atoms with Crippen molar-refractivity contribution >= 4 is 23.3 Å². The number of rotatable bonds is 2. The van der Waals surface area contributed by atoms with Gasteiger partial charge in [-0.25, -0.2) is 4.39 Å². The first-order valence-electron chi connectivity index (χ1n) is 6.46. The van der Waals surface area contributed by atoms with Crippen LogP contribution in [0.2, 0.25) is 0 Å². The number of para-hydroxylation sites is 1. The van der Waals surface area contributed by atoms with Crippen LogP contribution in [0.1, 0.15) is 32.6 Å². The Balaban J connectivity index is 2.09. The van der Waals surface area contributed by atoms with E-state index in [-0.39, 0.29) is 5.82 Å². The van der Waals surface area contributed by atoms with Crippen LogP contribution in [-0.4, -0.2) is 9.55 Å². The molecule has 1 saturated carbocycles. The summed E-state index contributed by atoms with van der Waals surface area (Å²) in [4.78, 5) is 2.99. The lowest BCUT2D eigenvalue weighted by atomic mass is 9.89. The second-order valence-electron chi connectivity index (χ2n) is 5.67. The van der Waals surface area contributed by atoms with Crippen LogP contribution in [0.15, 0.2) is 18.2 Å². The highest BCUT2D eigenvalue weighted by Gasteiger charge is 2.29. The first kappa shape index (κ1) is 11.9. The van der Waals surface area contributed by atoms with Gasteiger partial charge in [0.05, 0.1) is 5.52 Å². The van der Waals surface area contributed by atoms with Crippen molar-refractivity contribution in [3.8, 4) is 0 Å². The van der Waals surface area contributed by atoms with Gasteiger partial charge in [0.25, 0.3) is 0 Å². The Hall–Kier alpha value is -1.16. The van der Waals surface area contributed by atoms with Crippen molar-refractivity contribution in [1.82, 2.24) is 9.55 Å². The maximum atomic E-state index is 13.7. The predicted molar refractivity (Wildman–Crippen MR) is 73.7 cm³/mol. The minimum Gasteiger partial charge on any atom is -0.328 e. The number of hydrogen-bond acceptors (Lipinski definition) is 1. The number of H-pyrrole nitrogens is 1. The summed E-state index contributed by atoms with van der Waals surface area (Å²) in [5, 5.41) is 0. The third kappa shape index (κ3) is 1.88. The molecule has 0 amide bonds. The molecule has 1 N–H and O–H groups in total. The number of imidazole rings is 1. The van der Waals surface area contributed by atoms with Gasteiger partial charge >= 0.3 is 0 Å². The summed E-state index contributed by atoms with van der Waals surface area (Å²) in [7, 11) is 0. The molecule has 0 saturated heterocycles. The zero-order valence-electron chi connectivity index (χ0n) is 10.5. The minimum atomic E-state index is -0.228. The number of hydrogen-bond donors (Lipinski definition) is 1. The molecule has 96 valence electrons. The second-order valence-corrected chi connectivity index (χ2v) is 6.05. The summed E-state index contributed by atoms with van der Waals surface area (Å²) in [6.45, 7) is 3.19. The minimum absolute atomic E-state index is 0.228. The Morgan fingerprint density at radius 2 is 2.11 bits per heavy atom. The van der Waals surface area contributed by atoms with Crippen LogP contribution < -0.4 is 0 Å². The summed E-state index contributed by atoms with van der Waals surface area (Å²) < 4.78 is 16.4. The molecule has 0 unspecified atom stereocenters. The molecule has 1 aliphatic rings. The van der Waals surface area contributed by atoms with Crippen molar-refractivity contribution in [2.75, 3.05) is 0 Å². The van der Waals surface area contributed by atoms with Gasteiger partial charge in [0, 0.05) is 6.54 Å². The quantitative estimate of drug-likeness (QED) is 0.796. The van der Waals surface area contributed by atoms with Crippen LogP contribution in [0.25, 0.3) is 11.0 Å². The molecule has 1 heterocycles. The number of nitrogens with one attached hydrogen (secondary N) is 1. The van der Waals surface area contributed by atoms with Gasteiger partial charge in [-0.05, 0) is 42.6 Å². The largest absolute Gasteiger partial charge is 0.328 e. The van der Waals surface area contributed by atoms with Gasteiger partial charge < -0.3 is 9.55 Å². The molecule has 0 spiro atoms. The molecular weight excluding hydrogens is 247 g/mol. The Morgan fingerprint density at radius 3 is 2.83 bits per heavy atom. The topological polar surface area (TPSA) is 20.7 Å². The maximum Gasteiger partial charge on any atom is 0.178 e. The molecule has 0 aliphatic heterocycles. The molecule has 2 aromatic rings. The van der Waals surface area contributed by atoms with Gasteiger partial charge in [0.1, 0.15) is 11.3 Å². The molecule has 0 bridgehead atoms. The van der Waals surface area contributed by atoms with Gasteiger partial charge in [-0.3, -0.25) is 0 Å². The molecule has 0 radical (unpaired) electrons. The highest BCUT2D eigenvalue weighted by atomic mass is 32.1. The van der Waals surface area contributed by atoms with E-state index in [0.29, 0.717) is 15.7 Å². The van der Waals surface area contributed by atoms with E-state index in [4.69, 9.17) is 12.2 Å². The molecule has 2 nitrogen and oxygen atoms in total. The van der Waals surface area contributed by atoms with E-state index in [0.717, 1.165) is 12.1 Å². The van der Waals surface area contributed by atoms with Gasteiger partial charge in [0.2, 0.25) is 0 Å². The van der Waals surface area contributed by atoms with Crippen LogP contribution >= 0.6 is 12.2 Å². The van der Waals surface area contributed by atoms with Crippen LogP contribution in [0.4, 0.5) is 4.39 Å². The van der Waals surface area contributed by atoms with Gasteiger partial charge in [0.15, 0.2) is 4.77 Å². The summed E-state index contributed by atoms with van der Waals surface area (Å²) >= 11 is 5.34. The van der Waals surface area contributed by atoms with E-state index in [1.165, 1.54) is 31.7 Å². The number of aromatic amines is 1. The van der Waals surface area contributed by atoms with Crippen LogP contribution in [0, 0.1) is 16.0 Å². The van der Waals surface area contributed by atoms with Crippen molar-refractivity contribution in [3.05, 3.63) is 28.8 Å². The number of halogens is 1. The molecule has 3 rings (SSSR count). The average Bonchev–Trinajstić information content (AvgIpc) is 2.88. The summed E-state index contributed by atoms with van der Waals surface area (Å²) in [6.07, 6.45) is 5.05. The van der Waals surface area contributed by atoms with Gasteiger partial charge in [-0.15, -0.1) is 0 Å². The smallest absolute Gasteiger partial charge is 0.178 e. The van der Waals surface area contributed by atoms with Crippen molar-refractivity contribution < 1.29 is 4.39 Å². The van der Waals surface area contributed by atoms with Crippen molar-refractivity contribution in [1.29, 1.82) is 0 Å². The van der Waals surface area contributed by atoms with E-state index in [9.17, 15) is 4.39 Å². The molecular formula is C14H17FN2S. The SMILES string of the molecule is CC1(Cn2c(=S)[nH]c3c(F)cccc32)CCCC1. The summed E-state index contributed by atoms with van der Waals surface area (Å²) in [5.41, 5.74) is 1.72. The molecule has 1 aliphatic carbocycles. The maximum absolute atomic E-state index is 13.7. The summed E-state index contributed by atoms with van der Waals surface area (Å²) in [5.74, 6) is -0.228. The fourth-order valence-corrected chi connectivity index (χ4v) is 3.34. The first-order valence-corrected chi connectivity index (χ1v) is 6.87. The Morgan fingerprint density at radius 1 is 1.39 bits per heavy atom. The number of nitrogens with zero attached hydrogens (tertiary/aromatic N) is 1. The normalized spacial score (nSPS) is 18.6. The average molecular weight is 264 g/mol. The standard InChI is InChI=1S/C14H17FN2S/c1-14(7-2-3-8-14)9-17-11-6-4-5-10(15)12(11)16-13(17)18/h4-6H,2-3,7-9H2,1H3,(H,16,18). The fourth-order valence-electron chi connectivity index (χ4n) is 3.07. The lowest BCUT2D eigenvalue weighted by Gasteiger charge is -2.24. The Bertz CT molecular complexity index is 635. The van der Waals surface area contributed by atoms with Crippen LogP contribution in [0.5, 0.6) is 0 Å². The van der Waals surface area contributed by atoms with Crippen molar-refractivity contribution in [2.24, 2.45) is 5.41 Å². The van der Waals surface area contributed by atoms with Crippen molar-refractivity contribution in [2.45, 2.75) is 39.2 Å². The molecule has 1 fully saturated rings. The lowest BCUT2D eigenvalue weighted by molar-refractivity contribution is 0.284. The van der Waals surface area contributed by atoms with Crippen LogP contribution in [-0.2, 0) is 6.54 Å². The highest BCUT2D eigenvalue weighted by Crippen LogP contribution is 2.39. The highest BCUT2D eigenvalue weighted by molar-refractivity contribution is 7.71. The third-order valence-electron chi connectivity index (χ3n) is 4.11. The number of fused-ring (bicyclic) bond motifs is 1. The van der Waals surface area contributed by atoms with Crippen LogP contribution in [0.3, 0.4) is 0 Å².